The average Bonchev–Trinajstić information content (AvgIpc) is 2.83. The molecule has 0 bridgehead atoms. The van der Waals surface area contributed by atoms with Gasteiger partial charge in [-0.1, -0.05) is 18.6 Å². The summed E-state index contributed by atoms with van der Waals surface area (Å²) in [6, 6.07) is 10.9. The Kier molecular flexibility index (Phi) is 6.70. The highest BCUT2D eigenvalue weighted by atomic mass is 16.5. The number of hydrogen-bond donors (Lipinski definition) is 0. The average molecular weight is 437 g/mol. The molecular formula is C24H28N4O4. The molecule has 0 N–H and O–H groups in total. The molecule has 1 saturated heterocycles. The Bertz CT molecular complexity index is 1160. The van der Waals surface area contributed by atoms with Crippen LogP contribution >= 0.6 is 0 Å². The standard InChI is InChI=1S/C24H28N4O4/c1-30-20-13-17(14-21(31-2)23(20)32-3)15-25-28-22(16-27-11-7-4-8-12-27)26-19-10-6-5-9-18(19)24(28)29/h5-6,9-10,13-15H,4,7-8,11-12,16H2,1-3H3. The maximum Gasteiger partial charge on any atom is 0.282 e. The number of aromatic nitrogens is 2. The van der Waals surface area contributed by atoms with Crippen molar-refractivity contribution in [2.75, 3.05) is 34.4 Å². The number of ether oxygens (including phenoxy) is 3. The first-order valence-electron chi connectivity index (χ1n) is 10.7. The van der Waals surface area contributed by atoms with Crippen molar-refractivity contribution in [2.45, 2.75) is 25.8 Å². The van der Waals surface area contributed by atoms with Crippen LogP contribution in [0.25, 0.3) is 10.9 Å². The van der Waals surface area contributed by atoms with E-state index < -0.39 is 0 Å². The van der Waals surface area contributed by atoms with E-state index in [1.54, 1.807) is 45.7 Å². The van der Waals surface area contributed by atoms with Crippen LogP contribution in [-0.2, 0) is 6.54 Å². The minimum absolute atomic E-state index is 0.189. The van der Waals surface area contributed by atoms with Gasteiger partial charge in [-0.05, 0) is 50.2 Å². The lowest BCUT2D eigenvalue weighted by atomic mass is 10.1. The second kappa shape index (κ2) is 9.82. The third-order valence-electron chi connectivity index (χ3n) is 5.64. The molecule has 1 fully saturated rings. The molecule has 0 saturated carbocycles. The van der Waals surface area contributed by atoms with Crippen molar-refractivity contribution in [3.8, 4) is 17.2 Å². The molecule has 0 atom stereocenters. The normalized spacial score (nSPS) is 14.7. The van der Waals surface area contributed by atoms with E-state index in [0.29, 0.717) is 46.1 Å². The maximum atomic E-state index is 13.3. The van der Waals surface area contributed by atoms with Gasteiger partial charge in [-0.3, -0.25) is 9.69 Å². The fourth-order valence-electron chi connectivity index (χ4n) is 4.01. The Hall–Kier alpha value is -3.39. The molecule has 1 aliphatic heterocycles. The summed E-state index contributed by atoms with van der Waals surface area (Å²) >= 11 is 0. The Balaban J connectivity index is 1.77. The van der Waals surface area contributed by atoms with Gasteiger partial charge in [0.2, 0.25) is 5.75 Å². The molecule has 0 spiro atoms. The molecule has 0 amide bonds. The zero-order chi connectivity index (χ0) is 22.5. The second-order valence-corrected chi connectivity index (χ2v) is 7.70. The number of hydrogen-bond acceptors (Lipinski definition) is 7. The molecule has 32 heavy (non-hydrogen) atoms. The van der Waals surface area contributed by atoms with E-state index in [9.17, 15) is 4.79 Å². The Labute approximate surface area is 187 Å². The Morgan fingerprint density at radius 2 is 1.69 bits per heavy atom. The monoisotopic (exact) mass is 436 g/mol. The molecule has 2 heterocycles. The van der Waals surface area contributed by atoms with Gasteiger partial charge in [0.05, 0.1) is 45.0 Å². The highest BCUT2D eigenvalue weighted by molar-refractivity contribution is 5.83. The molecule has 1 aromatic heterocycles. The number of piperidine rings is 1. The molecular weight excluding hydrogens is 408 g/mol. The van der Waals surface area contributed by atoms with Crippen molar-refractivity contribution in [3.05, 3.63) is 58.1 Å². The molecule has 8 heteroatoms. The van der Waals surface area contributed by atoms with E-state index in [1.807, 2.05) is 18.2 Å². The number of fused-ring (bicyclic) bond motifs is 1. The number of likely N-dealkylation sites (tertiary alicyclic amines) is 1. The van der Waals surface area contributed by atoms with E-state index >= 15 is 0 Å². The van der Waals surface area contributed by atoms with Crippen LogP contribution < -0.4 is 19.8 Å². The topological polar surface area (TPSA) is 78.2 Å². The van der Waals surface area contributed by atoms with Crippen molar-refractivity contribution < 1.29 is 14.2 Å². The van der Waals surface area contributed by atoms with Crippen molar-refractivity contribution >= 4 is 17.1 Å². The lowest BCUT2D eigenvalue weighted by Gasteiger charge is -2.26. The lowest BCUT2D eigenvalue weighted by molar-refractivity contribution is 0.213. The summed E-state index contributed by atoms with van der Waals surface area (Å²) in [7, 11) is 4.68. The zero-order valence-electron chi connectivity index (χ0n) is 18.7. The quantitative estimate of drug-likeness (QED) is 0.529. The van der Waals surface area contributed by atoms with Gasteiger partial charge in [0.25, 0.3) is 5.56 Å². The summed E-state index contributed by atoms with van der Waals surface area (Å²) in [5, 5.41) is 5.07. The van der Waals surface area contributed by atoms with Crippen molar-refractivity contribution in [1.29, 1.82) is 0 Å². The van der Waals surface area contributed by atoms with Crippen molar-refractivity contribution in [3.63, 3.8) is 0 Å². The summed E-state index contributed by atoms with van der Waals surface area (Å²) in [6.45, 7) is 2.57. The van der Waals surface area contributed by atoms with Crippen LogP contribution in [0.1, 0.15) is 30.7 Å². The number of benzene rings is 2. The highest BCUT2D eigenvalue weighted by Gasteiger charge is 2.17. The molecule has 2 aromatic carbocycles. The third kappa shape index (κ3) is 4.45. The van der Waals surface area contributed by atoms with Crippen molar-refractivity contribution in [2.24, 2.45) is 5.10 Å². The molecule has 0 unspecified atom stereocenters. The van der Waals surface area contributed by atoms with Crippen LogP contribution in [-0.4, -0.2) is 55.2 Å². The molecule has 0 radical (unpaired) electrons. The summed E-state index contributed by atoms with van der Waals surface area (Å²) in [5.74, 6) is 2.17. The van der Waals surface area contributed by atoms with Crippen molar-refractivity contribution in [1.82, 2.24) is 14.6 Å². The minimum atomic E-state index is -0.189. The fraction of sp³-hybridized carbons (Fsp3) is 0.375. The molecule has 168 valence electrons. The number of para-hydroxylation sites is 1. The van der Waals surface area contributed by atoms with E-state index in [1.165, 1.54) is 11.1 Å². The van der Waals surface area contributed by atoms with E-state index in [-0.39, 0.29) is 5.56 Å². The summed E-state index contributed by atoms with van der Waals surface area (Å²) in [6.07, 6.45) is 5.18. The first-order valence-corrected chi connectivity index (χ1v) is 10.7. The van der Waals surface area contributed by atoms with Gasteiger partial charge in [0.1, 0.15) is 5.82 Å². The van der Waals surface area contributed by atoms with E-state index in [2.05, 4.69) is 10.0 Å². The maximum absolute atomic E-state index is 13.3. The number of methoxy groups -OCH3 is 3. The predicted octanol–water partition coefficient (Wildman–Crippen LogP) is 3.29. The third-order valence-corrected chi connectivity index (χ3v) is 5.64. The summed E-state index contributed by atoms with van der Waals surface area (Å²) in [5.41, 5.74) is 1.21. The van der Waals surface area contributed by atoms with E-state index in [4.69, 9.17) is 19.2 Å². The van der Waals surface area contributed by atoms with Gasteiger partial charge in [0.15, 0.2) is 11.5 Å². The number of nitrogens with zero attached hydrogens (tertiary/aromatic N) is 4. The van der Waals surface area contributed by atoms with Gasteiger partial charge in [0, 0.05) is 5.56 Å². The molecule has 4 rings (SSSR count). The fourth-order valence-corrected chi connectivity index (χ4v) is 4.01. The minimum Gasteiger partial charge on any atom is -0.493 e. The second-order valence-electron chi connectivity index (χ2n) is 7.70. The van der Waals surface area contributed by atoms with Crippen LogP contribution in [0, 0.1) is 0 Å². The summed E-state index contributed by atoms with van der Waals surface area (Å²) in [4.78, 5) is 20.4. The first kappa shape index (κ1) is 21.8. The molecule has 0 aliphatic carbocycles. The van der Waals surface area contributed by atoms with Gasteiger partial charge in [-0.15, -0.1) is 0 Å². The Morgan fingerprint density at radius 1 is 1.00 bits per heavy atom. The lowest BCUT2D eigenvalue weighted by Crippen LogP contribution is -2.33. The van der Waals surface area contributed by atoms with Gasteiger partial charge in [-0.25, -0.2) is 4.98 Å². The first-order chi connectivity index (χ1) is 15.6. The predicted molar refractivity (Wildman–Crippen MR) is 124 cm³/mol. The number of rotatable bonds is 7. The van der Waals surface area contributed by atoms with Crippen LogP contribution in [0.4, 0.5) is 0 Å². The molecule has 1 aliphatic rings. The molecule has 8 nitrogen and oxygen atoms in total. The highest BCUT2D eigenvalue weighted by Crippen LogP contribution is 2.37. The van der Waals surface area contributed by atoms with Crippen LogP contribution in [0.15, 0.2) is 46.3 Å². The SMILES string of the molecule is COc1cc(C=Nn2c(CN3CCCCC3)nc3ccccc3c2=O)cc(OC)c1OC. The van der Waals surface area contributed by atoms with Crippen LogP contribution in [0.3, 0.4) is 0 Å². The zero-order valence-corrected chi connectivity index (χ0v) is 18.7. The van der Waals surface area contributed by atoms with Crippen LogP contribution in [0.2, 0.25) is 0 Å². The van der Waals surface area contributed by atoms with Gasteiger partial charge >= 0.3 is 0 Å². The summed E-state index contributed by atoms with van der Waals surface area (Å²) < 4.78 is 17.6. The largest absolute Gasteiger partial charge is 0.493 e. The smallest absolute Gasteiger partial charge is 0.282 e. The molecule has 3 aromatic rings. The van der Waals surface area contributed by atoms with Crippen LogP contribution in [0.5, 0.6) is 17.2 Å². The van der Waals surface area contributed by atoms with Gasteiger partial charge in [-0.2, -0.15) is 9.78 Å². The van der Waals surface area contributed by atoms with Gasteiger partial charge < -0.3 is 14.2 Å². The van der Waals surface area contributed by atoms with E-state index in [0.717, 1.165) is 25.9 Å². The Morgan fingerprint density at radius 3 is 2.34 bits per heavy atom.